The van der Waals surface area contributed by atoms with Crippen molar-refractivity contribution in [2.75, 3.05) is 44.3 Å². The number of amides is 1. The van der Waals surface area contributed by atoms with E-state index in [-0.39, 0.29) is 5.91 Å². The molecule has 0 N–H and O–H groups in total. The Hall–Kier alpha value is -3.43. The van der Waals surface area contributed by atoms with Crippen LogP contribution in [-0.4, -0.2) is 75.2 Å². The summed E-state index contributed by atoms with van der Waals surface area (Å²) in [6, 6.07) is 5.34. The number of benzene rings is 1. The minimum Gasteiger partial charge on any atom is -0.490 e. The van der Waals surface area contributed by atoms with E-state index in [1.165, 1.54) is 6.33 Å². The van der Waals surface area contributed by atoms with Crippen LogP contribution in [0.25, 0.3) is 11.2 Å². The van der Waals surface area contributed by atoms with Crippen LogP contribution in [0.15, 0.2) is 24.5 Å². The number of aryl methyl sites for hydroxylation is 1. The Bertz CT molecular complexity index is 1040. The molecule has 10 nitrogen and oxygen atoms in total. The van der Waals surface area contributed by atoms with Gasteiger partial charge in [0.15, 0.2) is 28.5 Å². The van der Waals surface area contributed by atoms with Gasteiger partial charge in [0.2, 0.25) is 0 Å². The Kier molecular flexibility index (Phi) is 5.64. The van der Waals surface area contributed by atoms with Crippen molar-refractivity contribution in [2.24, 2.45) is 7.05 Å². The van der Waals surface area contributed by atoms with Crippen LogP contribution in [0.4, 0.5) is 5.82 Å². The lowest BCUT2D eigenvalue weighted by Gasteiger charge is -2.35. The number of rotatable bonds is 6. The van der Waals surface area contributed by atoms with E-state index >= 15 is 0 Å². The van der Waals surface area contributed by atoms with Crippen molar-refractivity contribution in [3.63, 3.8) is 0 Å². The van der Waals surface area contributed by atoms with E-state index in [0.717, 1.165) is 5.82 Å². The predicted molar refractivity (Wildman–Crippen MR) is 111 cm³/mol. The van der Waals surface area contributed by atoms with Crippen molar-refractivity contribution in [1.82, 2.24) is 29.9 Å². The van der Waals surface area contributed by atoms with Gasteiger partial charge in [0.1, 0.15) is 6.33 Å². The van der Waals surface area contributed by atoms with E-state index in [1.807, 2.05) is 18.7 Å². The molecule has 0 saturated carbocycles. The molecule has 158 valence electrons. The molecule has 1 amide bonds. The van der Waals surface area contributed by atoms with Gasteiger partial charge in [-0.2, -0.15) is 0 Å². The third kappa shape index (κ3) is 3.72. The number of piperazine rings is 1. The fourth-order valence-corrected chi connectivity index (χ4v) is 3.56. The van der Waals surface area contributed by atoms with E-state index in [4.69, 9.17) is 9.47 Å². The number of aromatic nitrogens is 5. The first-order valence-electron chi connectivity index (χ1n) is 10.1. The average molecular weight is 411 g/mol. The molecule has 0 atom stereocenters. The molecule has 1 fully saturated rings. The molecule has 10 heteroatoms. The number of ether oxygens (including phenoxy) is 2. The van der Waals surface area contributed by atoms with Gasteiger partial charge in [-0.25, -0.2) is 14.6 Å². The smallest absolute Gasteiger partial charge is 0.254 e. The molecule has 3 heterocycles. The Labute approximate surface area is 174 Å². The van der Waals surface area contributed by atoms with Crippen molar-refractivity contribution in [1.29, 1.82) is 0 Å². The Morgan fingerprint density at radius 1 is 1.03 bits per heavy atom. The van der Waals surface area contributed by atoms with Crippen molar-refractivity contribution < 1.29 is 14.3 Å². The molecule has 30 heavy (non-hydrogen) atoms. The summed E-state index contributed by atoms with van der Waals surface area (Å²) < 4.78 is 12.9. The summed E-state index contributed by atoms with van der Waals surface area (Å²) >= 11 is 0. The first-order valence-corrected chi connectivity index (χ1v) is 10.1. The second kappa shape index (κ2) is 8.52. The van der Waals surface area contributed by atoms with Gasteiger partial charge < -0.3 is 19.3 Å². The third-order valence-electron chi connectivity index (χ3n) is 5.03. The van der Waals surface area contributed by atoms with Crippen LogP contribution < -0.4 is 14.4 Å². The standard InChI is InChI=1S/C20H25N7O3/c1-4-29-15-7-6-14(12-16(15)30-5-2)20(28)27-10-8-26(9-11-27)19-17-18(21-13-22-19)25(3)24-23-17/h6-7,12-13H,4-5,8-11H2,1-3H3. The topological polar surface area (TPSA) is 98.5 Å². The molecule has 2 aromatic heterocycles. The third-order valence-corrected chi connectivity index (χ3v) is 5.03. The highest BCUT2D eigenvalue weighted by Crippen LogP contribution is 2.29. The van der Waals surface area contributed by atoms with Gasteiger partial charge in [0.05, 0.1) is 13.2 Å². The van der Waals surface area contributed by atoms with Crippen molar-refractivity contribution in [3.8, 4) is 11.5 Å². The maximum Gasteiger partial charge on any atom is 0.254 e. The van der Waals surface area contributed by atoms with E-state index in [9.17, 15) is 4.79 Å². The fourth-order valence-electron chi connectivity index (χ4n) is 3.56. The molecule has 0 bridgehead atoms. The van der Waals surface area contributed by atoms with Gasteiger partial charge in [0, 0.05) is 38.8 Å². The molecule has 1 aliphatic rings. The maximum atomic E-state index is 13.0. The molecule has 1 saturated heterocycles. The lowest BCUT2D eigenvalue weighted by molar-refractivity contribution is 0.0746. The monoisotopic (exact) mass is 411 g/mol. The highest BCUT2D eigenvalue weighted by molar-refractivity contribution is 5.95. The van der Waals surface area contributed by atoms with E-state index < -0.39 is 0 Å². The van der Waals surface area contributed by atoms with Crippen LogP contribution in [0, 0.1) is 0 Å². The summed E-state index contributed by atoms with van der Waals surface area (Å²) in [5.41, 5.74) is 1.96. The lowest BCUT2D eigenvalue weighted by atomic mass is 10.1. The van der Waals surface area contributed by atoms with Crippen LogP contribution in [-0.2, 0) is 7.05 Å². The zero-order valence-electron chi connectivity index (χ0n) is 17.4. The second-order valence-corrected chi connectivity index (χ2v) is 6.89. The number of fused-ring (bicyclic) bond motifs is 1. The average Bonchev–Trinajstić information content (AvgIpc) is 3.16. The number of hydrogen-bond acceptors (Lipinski definition) is 8. The van der Waals surface area contributed by atoms with Gasteiger partial charge >= 0.3 is 0 Å². The molecule has 4 rings (SSSR count). The highest BCUT2D eigenvalue weighted by Gasteiger charge is 2.25. The van der Waals surface area contributed by atoms with Crippen LogP contribution in [0.2, 0.25) is 0 Å². The first kappa shape index (κ1) is 19.9. The molecule has 3 aromatic rings. The summed E-state index contributed by atoms with van der Waals surface area (Å²) in [5.74, 6) is 1.97. The van der Waals surface area contributed by atoms with Crippen molar-refractivity contribution in [3.05, 3.63) is 30.1 Å². The van der Waals surface area contributed by atoms with Crippen LogP contribution >= 0.6 is 0 Å². The van der Waals surface area contributed by atoms with Gasteiger partial charge in [-0.1, -0.05) is 5.21 Å². The summed E-state index contributed by atoms with van der Waals surface area (Å²) in [7, 11) is 1.80. The summed E-state index contributed by atoms with van der Waals surface area (Å²) in [6.07, 6.45) is 1.52. The second-order valence-electron chi connectivity index (χ2n) is 6.89. The van der Waals surface area contributed by atoms with Crippen molar-refractivity contribution in [2.45, 2.75) is 13.8 Å². The minimum atomic E-state index is -0.0222. The number of carbonyl (C=O) groups excluding carboxylic acids is 1. The van der Waals surface area contributed by atoms with E-state index in [1.54, 1.807) is 29.9 Å². The van der Waals surface area contributed by atoms with E-state index in [0.29, 0.717) is 67.6 Å². The molecule has 0 unspecified atom stereocenters. The quantitative estimate of drug-likeness (QED) is 0.602. The number of anilines is 1. The molecule has 1 aliphatic heterocycles. The van der Waals surface area contributed by atoms with Crippen LogP contribution in [0.5, 0.6) is 11.5 Å². The zero-order chi connectivity index (χ0) is 21.1. The van der Waals surface area contributed by atoms with Crippen molar-refractivity contribution >= 4 is 22.9 Å². The predicted octanol–water partition coefficient (Wildman–Crippen LogP) is 1.52. The molecular formula is C20H25N7O3. The molecule has 0 spiro atoms. The summed E-state index contributed by atoms with van der Waals surface area (Å²) in [6.45, 7) is 7.35. The van der Waals surface area contributed by atoms with Gasteiger partial charge in [-0.3, -0.25) is 4.79 Å². The molecular weight excluding hydrogens is 386 g/mol. The van der Waals surface area contributed by atoms with Gasteiger partial charge in [0.25, 0.3) is 5.91 Å². The Morgan fingerprint density at radius 3 is 2.50 bits per heavy atom. The Morgan fingerprint density at radius 2 is 1.77 bits per heavy atom. The SMILES string of the molecule is CCOc1ccc(C(=O)N2CCN(c3ncnc4c3nnn4C)CC2)cc1OCC. The normalized spacial score (nSPS) is 14.2. The lowest BCUT2D eigenvalue weighted by Crippen LogP contribution is -2.49. The number of nitrogens with zero attached hydrogens (tertiary/aromatic N) is 7. The van der Waals surface area contributed by atoms with E-state index in [2.05, 4.69) is 25.2 Å². The Balaban J connectivity index is 1.47. The molecule has 1 aromatic carbocycles. The van der Waals surface area contributed by atoms with Gasteiger partial charge in [-0.05, 0) is 32.0 Å². The maximum absolute atomic E-state index is 13.0. The molecule has 0 radical (unpaired) electrons. The summed E-state index contributed by atoms with van der Waals surface area (Å²) in [5, 5.41) is 8.21. The minimum absolute atomic E-state index is 0.0222. The van der Waals surface area contributed by atoms with Gasteiger partial charge in [-0.15, -0.1) is 5.10 Å². The summed E-state index contributed by atoms with van der Waals surface area (Å²) in [4.78, 5) is 25.6. The fraction of sp³-hybridized carbons (Fsp3) is 0.450. The largest absolute Gasteiger partial charge is 0.490 e. The van der Waals surface area contributed by atoms with Crippen LogP contribution in [0.3, 0.4) is 0 Å². The zero-order valence-corrected chi connectivity index (χ0v) is 17.4. The highest BCUT2D eigenvalue weighted by atomic mass is 16.5. The van der Waals surface area contributed by atoms with Crippen LogP contribution in [0.1, 0.15) is 24.2 Å². The first-order chi connectivity index (χ1) is 14.6. The molecule has 0 aliphatic carbocycles. The number of carbonyl (C=O) groups is 1. The number of hydrogen-bond donors (Lipinski definition) is 0.